The van der Waals surface area contributed by atoms with Gasteiger partial charge in [0.05, 0.1) is 18.7 Å². The number of rotatable bonds is 4. The quantitative estimate of drug-likeness (QED) is 0.901. The van der Waals surface area contributed by atoms with Gasteiger partial charge in [0, 0.05) is 0 Å². The lowest BCUT2D eigenvalue weighted by molar-refractivity contribution is -0.154. The first-order chi connectivity index (χ1) is 8.87. The molecule has 104 valence electrons. The van der Waals surface area contributed by atoms with E-state index in [0.29, 0.717) is 24.8 Å². The van der Waals surface area contributed by atoms with E-state index in [4.69, 9.17) is 4.74 Å². The van der Waals surface area contributed by atoms with Crippen molar-refractivity contribution in [2.45, 2.75) is 32.3 Å². The van der Waals surface area contributed by atoms with Crippen LogP contribution in [0.15, 0.2) is 24.3 Å². The number of carbonyl (C=O) groups is 1. The number of hydrogen-bond donors (Lipinski definition) is 1. The number of nitrogens with zero attached hydrogens (tertiary/aromatic N) is 1. The highest BCUT2D eigenvalue weighted by molar-refractivity contribution is 5.78. The van der Waals surface area contributed by atoms with Crippen molar-refractivity contribution in [2.75, 3.05) is 19.7 Å². The second kappa shape index (κ2) is 5.21. The Hall–Kier alpha value is -1.55. The van der Waals surface area contributed by atoms with Crippen molar-refractivity contribution >= 4 is 5.91 Å². The first kappa shape index (κ1) is 13.9. The number of ether oxygens (including phenoxy) is 1. The molecule has 1 amide bonds. The van der Waals surface area contributed by atoms with Gasteiger partial charge in [0.15, 0.2) is 6.61 Å². The van der Waals surface area contributed by atoms with Crippen LogP contribution in [0.25, 0.3) is 0 Å². The summed E-state index contributed by atoms with van der Waals surface area (Å²) in [7, 11) is 0. The lowest BCUT2D eigenvalue weighted by Gasteiger charge is -2.43. The molecular formula is C15H21NO3. The maximum absolute atomic E-state index is 11.8. The standard InChI is InChI=1S/C15H21NO3/c1-11(2)12-4-6-13(7-5-12)19-8-14(17)16-9-15(3,18)10-16/h4-7,11,18H,8-10H2,1-3H3. The summed E-state index contributed by atoms with van der Waals surface area (Å²) in [6.45, 7) is 6.80. The van der Waals surface area contributed by atoms with E-state index in [1.807, 2.05) is 24.3 Å². The largest absolute Gasteiger partial charge is 0.484 e. The molecule has 1 fully saturated rings. The highest BCUT2D eigenvalue weighted by Gasteiger charge is 2.39. The van der Waals surface area contributed by atoms with Gasteiger partial charge in [-0.05, 0) is 30.5 Å². The fourth-order valence-corrected chi connectivity index (χ4v) is 2.14. The Morgan fingerprint density at radius 2 is 1.95 bits per heavy atom. The van der Waals surface area contributed by atoms with Crippen LogP contribution in [-0.4, -0.2) is 41.2 Å². The highest BCUT2D eigenvalue weighted by atomic mass is 16.5. The molecule has 0 spiro atoms. The Morgan fingerprint density at radius 3 is 2.42 bits per heavy atom. The van der Waals surface area contributed by atoms with Crippen LogP contribution >= 0.6 is 0 Å². The minimum atomic E-state index is -0.728. The minimum absolute atomic E-state index is 0.0249. The van der Waals surface area contributed by atoms with Crippen LogP contribution in [0, 0.1) is 0 Å². The first-order valence-electron chi connectivity index (χ1n) is 6.60. The normalized spacial score (nSPS) is 17.2. The van der Waals surface area contributed by atoms with Gasteiger partial charge in [-0.2, -0.15) is 0 Å². The Kier molecular flexibility index (Phi) is 3.80. The van der Waals surface area contributed by atoms with Crippen LogP contribution in [0.5, 0.6) is 5.75 Å². The number of likely N-dealkylation sites (tertiary alicyclic amines) is 1. The molecule has 0 radical (unpaired) electrons. The smallest absolute Gasteiger partial charge is 0.260 e. The highest BCUT2D eigenvalue weighted by Crippen LogP contribution is 2.21. The molecule has 19 heavy (non-hydrogen) atoms. The maximum atomic E-state index is 11.8. The van der Waals surface area contributed by atoms with E-state index in [1.165, 1.54) is 5.56 Å². The number of benzene rings is 1. The Balaban J connectivity index is 1.81. The van der Waals surface area contributed by atoms with E-state index in [-0.39, 0.29) is 12.5 Å². The van der Waals surface area contributed by atoms with E-state index in [0.717, 1.165) is 0 Å². The average molecular weight is 263 g/mol. The Labute approximate surface area is 114 Å². The van der Waals surface area contributed by atoms with Crippen LogP contribution in [0.1, 0.15) is 32.3 Å². The Morgan fingerprint density at radius 1 is 1.37 bits per heavy atom. The SMILES string of the molecule is CC(C)c1ccc(OCC(=O)N2CC(C)(O)C2)cc1. The van der Waals surface area contributed by atoms with Gasteiger partial charge in [-0.1, -0.05) is 26.0 Å². The number of β-amino-alcohol motifs (C(OH)–C–C–N with tert-alkyl or cyclic N) is 1. The van der Waals surface area contributed by atoms with Crippen LogP contribution in [0.3, 0.4) is 0 Å². The molecule has 4 heteroatoms. The molecule has 0 saturated carbocycles. The van der Waals surface area contributed by atoms with E-state index in [1.54, 1.807) is 11.8 Å². The summed E-state index contributed by atoms with van der Waals surface area (Å²) < 4.78 is 5.45. The van der Waals surface area contributed by atoms with Crippen LogP contribution in [0.4, 0.5) is 0 Å². The van der Waals surface area contributed by atoms with Crippen molar-refractivity contribution in [3.63, 3.8) is 0 Å². The van der Waals surface area contributed by atoms with E-state index >= 15 is 0 Å². The van der Waals surface area contributed by atoms with Crippen molar-refractivity contribution in [3.8, 4) is 5.75 Å². The van der Waals surface area contributed by atoms with Crippen molar-refractivity contribution in [2.24, 2.45) is 0 Å². The summed E-state index contributed by atoms with van der Waals surface area (Å²) in [6, 6.07) is 7.79. The second-order valence-corrected chi connectivity index (χ2v) is 5.76. The Bertz CT molecular complexity index is 443. The second-order valence-electron chi connectivity index (χ2n) is 5.76. The maximum Gasteiger partial charge on any atom is 0.260 e. The van der Waals surface area contributed by atoms with Gasteiger partial charge in [0.1, 0.15) is 5.75 Å². The molecule has 1 heterocycles. The summed E-state index contributed by atoms with van der Waals surface area (Å²) in [5, 5.41) is 9.57. The van der Waals surface area contributed by atoms with E-state index < -0.39 is 5.60 Å². The third kappa shape index (κ3) is 3.47. The minimum Gasteiger partial charge on any atom is -0.484 e. The lowest BCUT2D eigenvalue weighted by atomic mass is 9.97. The topological polar surface area (TPSA) is 49.8 Å². The predicted octanol–water partition coefficient (Wildman–Crippen LogP) is 1.78. The molecule has 2 rings (SSSR count). The van der Waals surface area contributed by atoms with Crippen molar-refractivity contribution < 1.29 is 14.6 Å². The van der Waals surface area contributed by atoms with Gasteiger partial charge in [0.2, 0.25) is 0 Å². The van der Waals surface area contributed by atoms with Crippen LogP contribution in [-0.2, 0) is 4.79 Å². The number of amides is 1. The van der Waals surface area contributed by atoms with Gasteiger partial charge in [-0.3, -0.25) is 4.79 Å². The lowest BCUT2D eigenvalue weighted by Crippen LogP contribution is -2.62. The molecule has 0 aromatic heterocycles. The van der Waals surface area contributed by atoms with Crippen LogP contribution < -0.4 is 4.74 Å². The monoisotopic (exact) mass is 263 g/mol. The van der Waals surface area contributed by atoms with Gasteiger partial charge >= 0.3 is 0 Å². The third-order valence-corrected chi connectivity index (χ3v) is 3.32. The predicted molar refractivity (Wildman–Crippen MR) is 73.2 cm³/mol. The van der Waals surface area contributed by atoms with Gasteiger partial charge in [-0.15, -0.1) is 0 Å². The number of carbonyl (C=O) groups excluding carboxylic acids is 1. The fourth-order valence-electron chi connectivity index (χ4n) is 2.14. The number of hydrogen-bond acceptors (Lipinski definition) is 3. The first-order valence-corrected chi connectivity index (χ1v) is 6.60. The van der Waals surface area contributed by atoms with Gasteiger partial charge in [0.25, 0.3) is 5.91 Å². The third-order valence-electron chi connectivity index (χ3n) is 3.32. The zero-order valence-corrected chi connectivity index (χ0v) is 11.7. The fraction of sp³-hybridized carbons (Fsp3) is 0.533. The van der Waals surface area contributed by atoms with E-state index in [9.17, 15) is 9.90 Å². The molecule has 1 aromatic rings. The molecule has 4 nitrogen and oxygen atoms in total. The number of aliphatic hydroxyl groups is 1. The van der Waals surface area contributed by atoms with Crippen molar-refractivity contribution in [3.05, 3.63) is 29.8 Å². The van der Waals surface area contributed by atoms with Crippen LogP contribution in [0.2, 0.25) is 0 Å². The molecule has 1 aliphatic heterocycles. The zero-order chi connectivity index (χ0) is 14.0. The molecular weight excluding hydrogens is 242 g/mol. The summed E-state index contributed by atoms with van der Waals surface area (Å²) in [5.41, 5.74) is 0.520. The molecule has 0 atom stereocenters. The van der Waals surface area contributed by atoms with Gasteiger partial charge in [-0.25, -0.2) is 0 Å². The molecule has 1 saturated heterocycles. The zero-order valence-electron chi connectivity index (χ0n) is 11.7. The molecule has 1 aliphatic rings. The molecule has 0 unspecified atom stereocenters. The summed E-state index contributed by atoms with van der Waals surface area (Å²) in [5.74, 6) is 1.10. The summed E-state index contributed by atoms with van der Waals surface area (Å²) in [4.78, 5) is 13.4. The summed E-state index contributed by atoms with van der Waals surface area (Å²) in [6.07, 6.45) is 0. The summed E-state index contributed by atoms with van der Waals surface area (Å²) >= 11 is 0. The molecule has 0 aliphatic carbocycles. The van der Waals surface area contributed by atoms with E-state index in [2.05, 4.69) is 13.8 Å². The molecule has 1 aromatic carbocycles. The van der Waals surface area contributed by atoms with Gasteiger partial charge < -0.3 is 14.7 Å². The molecule has 1 N–H and O–H groups in total. The molecule has 0 bridgehead atoms. The van der Waals surface area contributed by atoms with Crippen molar-refractivity contribution in [1.82, 2.24) is 4.90 Å². The average Bonchev–Trinajstić information content (AvgIpc) is 2.33. The van der Waals surface area contributed by atoms with Crippen molar-refractivity contribution in [1.29, 1.82) is 0 Å².